The van der Waals surface area contributed by atoms with Crippen LogP contribution in [-0.2, 0) is 12.0 Å². The van der Waals surface area contributed by atoms with E-state index in [4.69, 9.17) is 0 Å². The molecule has 2 heterocycles. The van der Waals surface area contributed by atoms with E-state index in [0.717, 1.165) is 17.4 Å². The molecule has 0 saturated carbocycles. The molecule has 108 valence electrons. The molecule has 2 aliphatic heterocycles. The molecule has 0 aliphatic carbocycles. The molecule has 2 aromatic carbocycles. The van der Waals surface area contributed by atoms with Crippen LogP contribution < -0.4 is 0 Å². The topological polar surface area (TPSA) is 20.2 Å². The van der Waals surface area contributed by atoms with Crippen LogP contribution in [0.2, 0.25) is 0 Å². The zero-order valence-corrected chi connectivity index (χ0v) is 12.7. The van der Waals surface area contributed by atoms with Gasteiger partial charge in [0.25, 0.3) is 0 Å². The van der Waals surface area contributed by atoms with Crippen molar-refractivity contribution in [2.24, 2.45) is 0 Å². The minimum absolute atomic E-state index is 0.0567. The molecular formula is C19H22NO+. The minimum Gasteiger partial charge on any atom is -0.391 e. The van der Waals surface area contributed by atoms with Crippen LogP contribution in [0.5, 0.6) is 0 Å². The molecule has 0 spiro atoms. The third-order valence-electron chi connectivity index (χ3n) is 6.07. The number of quaternary nitrogens is 1. The highest BCUT2D eigenvalue weighted by atomic mass is 16.3. The van der Waals surface area contributed by atoms with E-state index in [1.807, 2.05) is 0 Å². The maximum absolute atomic E-state index is 9.67. The molecule has 0 aromatic heterocycles. The first-order valence-corrected chi connectivity index (χ1v) is 7.77. The monoisotopic (exact) mass is 280 g/mol. The summed E-state index contributed by atoms with van der Waals surface area (Å²) in [6.07, 6.45) is 1.07. The molecule has 21 heavy (non-hydrogen) atoms. The van der Waals surface area contributed by atoms with Crippen molar-refractivity contribution in [1.82, 2.24) is 0 Å². The molecule has 2 heteroatoms. The first kappa shape index (κ1) is 13.1. The van der Waals surface area contributed by atoms with Crippen molar-refractivity contribution in [3.63, 3.8) is 0 Å². The molecule has 3 atom stereocenters. The SMILES string of the molecule is C[C@@]12c3ccccc3C[C@@H](c3ccccc31)[N@@+]2(C)CCO. The fourth-order valence-electron chi connectivity index (χ4n) is 4.83. The maximum Gasteiger partial charge on any atom is 0.149 e. The van der Waals surface area contributed by atoms with Crippen LogP contribution in [0.3, 0.4) is 0 Å². The first-order valence-electron chi connectivity index (χ1n) is 7.77. The van der Waals surface area contributed by atoms with Crippen LogP contribution in [0.4, 0.5) is 0 Å². The molecule has 0 amide bonds. The number of rotatable bonds is 2. The molecule has 0 unspecified atom stereocenters. The minimum atomic E-state index is -0.0567. The number of nitrogens with zero attached hydrogens (tertiary/aromatic N) is 1. The van der Waals surface area contributed by atoms with E-state index in [9.17, 15) is 5.11 Å². The number of aliphatic hydroxyl groups excluding tert-OH is 1. The highest BCUT2D eigenvalue weighted by Crippen LogP contribution is 2.59. The Bertz CT molecular complexity index is 697. The molecule has 0 fully saturated rings. The van der Waals surface area contributed by atoms with Gasteiger partial charge in [0.05, 0.1) is 13.7 Å². The fraction of sp³-hybridized carbons (Fsp3) is 0.368. The summed E-state index contributed by atoms with van der Waals surface area (Å²) in [4.78, 5) is 0. The van der Waals surface area contributed by atoms with Gasteiger partial charge >= 0.3 is 0 Å². The van der Waals surface area contributed by atoms with Gasteiger partial charge in [-0.15, -0.1) is 0 Å². The Hall–Kier alpha value is -1.64. The number of aliphatic hydroxyl groups is 1. The van der Waals surface area contributed by atoms with Gasteiger partial charge in [-0.1, -0.05) is 48.5 Å². The standard InChI is InChI=1S/C19H22NO/c1-19-16-9-5-3-7-14(16)13-18(20(19,2)11-12-21)15-8-4-6-10-17(15)19/h3-10,18,21H,11-13H2,1-2H3/q+1/t18-,19+,20+/m0/s1. The number of hydrogen-bond donors (Lipinski definition) is 1. The summed E-state index contributed by atoms with van der Waals surface area (Å²) in [5.41, 5.74) is 5.75. The molecule has 1 N–H and O–H groups in total. The van der Waals surface area contributed by atoms with E-state index in [2.05, 4.69) is 62.5 Å². The Morgan fingerprint density at radius 1 is 1.10 bits per heavy atom. The maximum atomic E-state index is 9.67. The molecule has 0 saturated heterocycles. The van der Waals surface area contributed by atoms with Gasteiger partial charge < -0.3 is 9.59 Å². The van der Waals surface area contributed by atoms with Gasteiger partial charge in [0, 0.05) is 23.1 Å². The van der Waals surface area contributed by atoms with Gasteiger partial charge in [0.1, 0.15) is 18.1 Å². The Morgan fingerprint density at radius 3 is 2.52 bits per heavy atom. The lowest BCUT2D eigenvalue weighted by Gasteiger charge is -2.51. The van der Waals surface area contributed by atoms with E-state index < -0.39 is 0 Å². The Labute approximate surface area is 126 Å². The second kappa shape index (κ2) is 4.19. The van der Waals surface area contributed by atoms with Crippen LogP contribution in [0.25, 0.3) is 0 Å². The molecule has 0 radical (unpaired) electrons. The number of hydrogen-bond acceptors (Lipinski definition) is 1. The number of fused-ring (bicyclic) bond motifs is 7. The first-order chi connectivity index (χ1) is 10.1. The van der Waals surface area contributed by atoms with Gasteiger partial charge in [-0.3, -0.25) is 0 Å². The average Bonchev–Trinajstić information content (AvgIpc) is 2.62. The summed E-state index contributed by atoms with van der Waals surface area (Å²) < 4.78 is 0.889. The van der Waals surface area contributed by atoms with Crippen LogP contribution in [0.1, 0.15) is 35.2 Å². The van der Waals surface area contributed by atoms with Gasteiger partial charge in [0.15, 0.2) is 0 Å². The van der Waals surface area contributed by atoms with Crippen LogP contribution in [-0.4, -0.2) is 29.8 Å². The Balaban J connectivity index is 2.06. The highest BCUT2D eigenvalue weighted by Gasteiger charge is 2.61. The third kappa shape index (κ3) is 1.39. The second-order valence-corrected chi connectivity index (χ2v) is 6.75. The normalized spacial score (nSPS) is 32.6. The Kier molecular flexibility index (Phi) is 2.60. The van der Waals surface area contributed by atoms with E-state index in [1.165, 1.54) is 22.3 Å². The van der Waals surface area contributed by atoms with Gasteiger partial charge in [-0.05, 0) is 12.5 Å². The Morgan fingerprint density at radius 2 is 1.76 bits per heavy atom. The van der Waals surface area contributed by atoms with Crippen molar-refractivity contribution in [2.45, 2.75) is 24.9 Å². The quantitative estimate of drug-likeness (QED) is 0.839. The van der Waals surface area contributed by atoms with Crippen molar-refractivity contribution in [3.05, 3.63) is 70.8 Å². The second-order valence-electron chi connectivity index (χ2n) is 6.75. The molecule has 2 aliphatic rings. The lowest BCUT2D eigenvalue weighted by Crippen LogP contribution is -2.60. The summed E-state index contributed by atoms with van der Waals surface area (Å²) in [6, 6.07) is 18.2. The zero-order chi connectivity index (χ0) is 14.7. The van der Waals surface area contributed by atoms with Crippen LogP contribution >= 0.6 is 0 Å². The molecule has 4 rings (SSSR count). The summed E-state index contributed by atoms with van der Waals surface area (Å²) in [5.74, 6) is 0. The lowest BCUT2D eigenvalue weighted by molar-refractivity contribution is -0.981. The van der Waals surface area contributed by atoms with E-state index in [0.29, 0.717) is 6.04 Å². The van der Waals surface area contributed by atoms with Gasteiger partial charge in [-0.25, -0.2) is 0 Å². The summed E-state index contributed by atoms with van der Waals surface area (Å²) in [5, 5.41) is 9.67. The lowest BCUT2D eigenvalue weighted by atomic mass is 9.79. The van der Waals surface area contributed by atoms with Gasteiger partial charge in [-0.2, -0.15) is 0 Å². The number of benzene rings is 2. The predicted octanol–water partition coefficient (Wildman–Crippen LogP) is 3.00. The molecular weight excluding hydrogens is 258 g/mol. The summed E-state index contributed by atoms with van der Waals surface area (Å²) in [7, 11) is 2.32. The van der Waals surface area contributed by atoms with Crippen molar-refractivity contribution in [1.29, 1.82) is 0 Å². The molecule has 2 aromatic rings. The van der Waals surface area contributed by atoms with Crippen molar-refractivity contribution in [3.8, 4) is 0 Å². The van der Waals surface area contributed by atoms with E-state index >= 15 is 0 Å². The van der Waals surface area contributed by atoms with Crippen LogP contribution in [0.15, 0.2) is 48.5 Å². The fourth-order valence-corrected chi connectivity index (χ4v) is 4.83. The van der Waals surface area contributed by atoms with E-state index in [-0.39, 0.29) is 12.1 Å². The zero-order valence-electron chi connectivity index (χ0n) is 12.7. The van der Waals surface area contributed by atoms with E-state index in [1.54, 1.807) is 0 Å². The van der Waals surface area contributed by atoms with Crippen molar-refractivity contribution in [2.75, 3.05) is 20.2 Å². The van der Waals surface area contributed by atoms with Crippen LogP contribution in [0, 0.1) is 0 Å². The average molecular weight is 280 g/mol. The largest absolute Gasteiger partial charge is 0.391 e. The summed E-state index contributed by atoms with van der Waals surface area (Å²) >= 11 is 0. The molecule has 2 bridgehead atoms. The predicted molar refractivity (Wildman–Crippen MR) is 83.9 cm³/mol. The van der Waals surface area contributed by atoms with Gasteiger partial charge in [0.2, 0.25) is 0 Å². The number of likely N-dealkylation sites (N-methyl/N-ethyl adjacent to an activating group) is 1. The molecule has 2 nitrogen and oxygen atoms in total. The highest BCUT2D eigenvalue weighted by molar-refractivity contribution is 5.51. The smallest absolute Gasteiger partial charge is 0.149 e. The van der Waals surface area contributed by atoms with Crippen molar-refractivity contribution >= 4 is 0 Å². The summed E-state index contributed by atoms with van der Waals surface area (Å²) in [6.45, 7) is 3.39. The van der Waals surface area contributed by atoms with Crippen molar-refractivity contribution < 1.29 is 9.59 Å². The third-order valence-corrected chi connectivity index (χ3v) is 6.07.